The molecule has 0 bridgehead atoms. The maximum atomic E-state index is 14.1. The first-order chi connectivity index (χ1) is 16.9. The molecule has 0 spiro atoms. The van der Waals surface area contributed by atoms with E-state index >= 15 is 0 Å². The van der Waals surface area contributed by atoms with Gasteiger partial charge in [0.2, 0.25) is 0 Å². The summed E-state index contributed by atoms with van der Waals surface area (Å²) in [6.07, 6.45) is 0.0579. The third-order valence-electron chi connectivity index (χ3n) is 6.31. The number of ether oxygens (including phenoxy) is 2. The Bertz CT molecular complexity index is 1420. The first kappa shape index (κ1) is 22.7. The molecule has 2 heterocycles. The molecule has 1 aliphatic rings. The van der Waals surface area contributed by atoms with Crippen LogP contribution in [0.25, 0.3) is 16.7 Å². The molecule has 1 unspecified atom stereocenters. The van der Waals surface area contributed by atoms with Gasteiger partial charge in [0.1, 0.15) is 11.6 Å². The standard InChI is InChI=1S/C27H26FN3O4/c1-3-34-27-30-22-10-7-19(28)12-24(22)31(27)23-6-4-5-17(16(23)2)14-29-20-8-9-21-18(11-26(32)33)15-35-25(21)13-20/h4-10,12-13,18,29H,3,11,14-15H2,1-2H3,(H,32,33). The van der Waals surface area contributed by atoms with E-state index in [0.29, 0.717) is 36.8 Å². The van der Waals surface area contributed by atoms with Gasteiger partial charge < -0.3 is 19.9 Å². The quantitative estimate of drug-likeness (QED) is 0.353. The van der Waals surface area contributed by atoms with Crippen LogP contribution in [-0.4, -0.2) is 33.8 Å². The number of rotatable bonds is 8. The number of hydrogen-bond donors (Lipinski definition) is 2. The fourth-order valence-corrected chi connectivity index (χ4v) is 4.55. The average molecular weight is 476 g/mol. The smallest absolute Gasteiger partial charge is 0.304 e. The number of nitrogens with zero attached hydrogens (tertiary/aromatic N) is 2. The molecule has 1 aromatic heterocycles. The van der Waals surface area contributed by atoms with Gasteiger partial charge in [0.25, 0.3) is 0 Å². The van der Waals surface area contributed by atoms with Crippen LogP contribution in [0.15, 0.2) is 54.6 Å². The van der Waals surface area contributed by atoms with E-state index in [0.717, 1.165) is 33.8 Å². The molecular formula is C27H26FN3O4. The topological polar surface area (TPSA) is 85.6 Å². The van der Waals surface area contributed by atoms with Crippen molar-refractivity contribution in [2.45, 2.75) is 32.7 Å². The van der Waals surface area contributed by atoms with Gasteiger partial charge in [-0.15, -0.1) is 0 Å². The van der Waals surface area contributed by atoms with Gasteiger partial charge in [0, 0.05) is 35.8 Å². The van der Waals surface area contributed by atoms with Gasteiger partial charge in [-0.1, -0.05) is 18.2 Å². The predicted molar refractivity (Wildman–Crippen MR) is 131 cm³/mol. The summed E-state index contributed by atoms with van der Waals surface area (Å²) in [5, 5.41) is 12.5. The number of anilines is 1. The molecule has 2 N–H and O–H groups in total. The molecule has 0 amide bonds. The lowest BCUT2D eigenvalue weighted by Crippen LogP contribution is -2.07. The van der Waals surface area contributed by atoms with Crippen LogP contribution in [0, 0.1) is 12.7 Å². The molecule has 4 aromatic rings. The monoisotopic (exact) mass is 475 g/mol. The Morgan fingerprint density at radius 3 is 2.91 bits per heavy atom. The van der Waals surface area contributed by atoms with Gasteiger partial charge in [0.15, 0.2) is 0 Å². The van der Waals surface area contributed by atoms with Crippen molar-refractivity contribution < 1.29 is 23.8 Å². The van der Waals surface area contributed by atoms with Crippen molar-refractivity contribution in [1.29, 1.82) is 0 Å². The third-order valence-corrected chi connectivity index (χ3v) is 6.31. The van der Waals surface area contributed by atoms with Crippen molar-refractivity contribution in [2.75, 3.05) is 18.5 Å². The van der Waals surface area contributed by atoms with Crippen LogP contribution in [0.5, 0.6) is 11.8 Å². The largest absolute Gasteiger partial charge is 0.493 e. The number of benzene rings is 3. The number of carbonyl (C=O) groups is 1. The number of fused-ring (bicyclic) bond motifs is 2. The highest BCUT2D eigenvalue weighted by Crippen LogP contribution is 2.38. The van der Waals surface area contributed by atoms with E-state index in [4.69, 9.17) is 14.6 Å². The Balaban J connectivity index is 1.42. The molecular weight excluding hydrogens is 449 g/mol. The molecule has 5 rings (SSSR count). The number of carboxylic acids is 1. The second-order valence-electron chi connectivity index (χ2n) is 8.57. The first-order valence-electron chi connectivity index (χ1n) is 11.6. The lowest BCUT2D eigenvalue weighted by Gasteiger charge is -2.16. The number of aromatic nitrogens is 2. The number of carboxylic acid groups (broad SMARTS) is 1. The molecule has 8 heteroatoms. The lowest BCUT2D eigenvalue weighted by atomic mass is 9.98. The molecule has 0 saturated carbocycles. The fraction of sp³-hybridized carbons (Fsp3) is 0.259. The summed E-state index contributed by atoms with van der Waals surface area (Å²) in [4.78, 5) is 15.6. The van der Waals surface area contributed by atoms with Crippen LogP contribution in [0.3, 0.4) is 0 Å². The van der Waals surface area contributed by atoms with Crippen molar-refractivity contribution in [3.8, 4) is 17.4 Å². The van der Waals surface area contributed by atoms with Crippen LogP contribution in [0.1, 0.15) is 36.0 Å². The molecule has 1 atom stereocenters. The van der Waals surface area contributed by atoms with E-state index in [2.05, 4.69) is 10.3 Å². The Morgan fingerprint density at radius 2 is 2.11 bits per heavy atom. The van der Waals surface area contributed by atoms with E-state index in [-0.39, 0.29) is 18.2 Å². The van der Waals surface area contributed by atoms with Crippen LogP contribution in [0.4, 0.5) is 10.1 Å². The number of imidazole rings is 1. The summed E-state index contributed by atoms with van der Waals surface area (Å²) in [6, 6.07) is 16.7. The van der Waals surface area contributed by atoms with E-state index in [1.54, 1.807) is 6.07 Å². The van der Waals surface area contributed by atoms with Crippen molar-refractivity contribution in [3.05, 3.63) is 77.1 Å². The zero-order valence-corrected chi connectivity index (χ0v) is 19.5. The lowest BCUT2D eigenvalue weighted by molar-refractivity contribution is -0.137. The van der Waals surface area contributed by atoms with E-state index in [1.807, 2.05) is 54.8 Å². The second kappa shape index (κ2) is 9.29. The Labute approximate surface area is 202 Å². The van der Waals surface area contributed by atoms with Gasteiger partial charge >= 0.3 is 12.0 Å². The van der Waals surface area contributed by atoms with Gasteiger partial charge in [-0.05, 0) is 49.2 Å². The Hall–Kier alpha value is -4.07. The minimum Gasteiger partial charge on any atom is -0.493 e. The number of nitrogens with one attached hydrogen (secondary N) is 1. The van der Waals surface area contributed by atoms with Gasteiger partial charge in [-0.25, -0.2) is 4.39 Å². The fourth-order valence-electron chi connectivity index (χ4n) is 4.55. The van der Waals surface area contributed by atoms with E-state index < -0.39 is 5.97 Å². The van der Waals surface area contributed by atoms with Gasteiger partial charge in [-0.3, -0.25) is 9.36 Å². The van der Waals surface area contributed by atoms with Gasteiger partial charge in [-0.2, -0.15) is 4.98 Å². The normalized spacial score (nSPS) is 14.5. The average Bonchev–Trinajstić information content (AvgIpc) is 3.38. The van der Waals surface area contributed by atoms with E-state index in [9.17, 15) is 9.18 Å². The summed E-state index contributed by atoms with van der Waals surface area (Å²) in [7, 11) is 0. The van der Waals surface area contributed by atoms with Crippen LogP contribution < -0.4 is 14.8 Å². The van der Waals surface area contributed by atoms with Crippen LogP contribution >= 0.6 is 0 Å². The number of hydrogen-bond acceptors (Lipinski definition) is 5. The minimum absolute atomic E-state index is 0.0579. The van der Waals surface area contributed by atoms with E-state index in [1.165, 1.54) is 12.1 Å². The molecule has 0 fully saturated rings. The summed E-state index contributed by atoms with van der Waals surface area (Å²) in [5.41, 5.74) is 6.07. The highest BCUT2D eigenvalue weighted by atomic mass is 19.1. The van der Waals surface area contributed by atoms with Crippen molar-refractivity contribution in [3.63, 3.8) is 0 Å². The molecule has 35 heavy (non-hydrogen) atoms. The summed E-state index contributed by atoms with van der Waals surface area (Å²) in [6.45, 7) is 5.30. The zero-order chi connectivity index (χ0) is 24.5. The maximum absolute atomic E-state index is 14.1. The van der Waals surface area contributed by atoms with Gasteiger partial charge in [0.05, 0.1) is 36.4 Å². The predicted octanol–water partition coefficient (Wildman–Crippen LogP) is 5.43. The molecule has 180 valence electrons. The Morgan fingerprint density at radius 1 is 1.26 bits per heavy atom. The molecule has 7 nitrogen and oxygen atoms in total. The summed E-state index contributed by atoms with van der Waals surface area (Å²) in [5.74, 6) is -0.559. The molecule has 0 radical (unpaired) electrons. The molecule has 1 aliphatic heterocycles. The summed E-state index contributed by atoms with van der Waals surface area (Å²) < 4.78 is 27.4. The van der Waals surface area contributed by atoms with Crippen molar-refractivity contribution in [1.82, 2.24) is 9.55 Å². The summed E-state index contributed by atoms with van der Waals surface area (Å²) >= 11 is 0. The first-order valence-corrected chi connectivity index (χ1v) is 11.6. The number of halogens is 1. The highest BCUT2D eigenvalue weighted by molar-refractivity contribution is 5.79. The molecule has 0 saturated heterocycles. The molecule has 3 aromatic carbocycles. The number of aliphatic carboxylic acids is 1. The van der Waals surface area contributed by atoms with Crippen LogP contribution in [0.2, 0.25) is 0 Å². The Kier molecular flexibility index (Phi) is 6.03. The maximum Gasteiger partial charge on any atom is 0.304 e. The molecule has 0 aliphatic carbocycles. The highest BCUT2D eigenvalue weighted by Gasteiger charge is 2.26. The van der Waals surface area contributed by atoms with Crippen LogP contribution in [-0.2, 0) is 11.3 Å². The second-order valence-corrected chi connectivity index (χ2v) is 8.57. The minimum atomic E-state index is -0.829. The third kappa shape index (κ3) is 4.39. The SMILES string of the molecule is CCOc1nc2ccc(F)cc2n1-c1cccc(CNc2ccc3c(c2)OCC3CC(=O)O)c1C. The van der Waals surface area contributed by atoms with Crippen molar-refractivity contribution in [2.24, 2.45) is 0 Å². The van der Waals surface area contributed by atoms with Crippen molar-refractivity contribution >= 4 is 22.7 Å². The zero-order valence-electron chi connectivity index (χ0n) is 19.5.